The van der Waals surface area contributed by atoms with Gasteiger partial charge in [0.25, 0.3) is 5.91 Å². The monoisotopic (exact) mass is 566 g/mol. The van der Waals surface area contributed by atoms with Crippen molar-refractivity contribution in [1.82, 2.24) is 10.6 Å². The minimum absolute atomic E-state index is 0. The number of carbonyl (C=O) groups excluding carboxylic acids is 1. The van der Waals surface area contributed by atoms with Crippen molar-refractivity contribution in [2.75, 3.05) is 18.4 Å². The molecule has 8 nitrogen and oxygen atoms in total. The summed E-state index contributed by atoms with van der Waals surface area (Å²) in [7, 11) is 0. The van der Waals surface area contributed by atoms with Gasteiger partial charge in [-0.3, -0.25) is 4.79 Å². The Labute approximate surface area is 210 Å². The van der Waals surface area contributed by atoms with E-state index >= 15 is 0 Å². The Morgan fingerprint density at radius 3 is 2.58 bits per heavy atom. The number of aliphatic imine (C=N–C) groups is 1. The lowest BCUT2D eigenvalue weighted by Gasteiger charge is -2.24. The first-order chi connectivity index (χ1) is 15.3. The first kappa shape index (κ1) is 26.5. The molecule has 0 aliphatic rings. The lowest BCUT2D eigenvalue weighted by atomic mass is 9.96. The minimum atomic E-state index is -1.12. The number of nitrogens with one attached hydrogen (secondary N) is 3. The summed E-state index contributed by atoms with van der Waals surface area (Å²) in [6.45, 7) is 8.75. The van der Waals surface area contributed by atoms with Gasteiger partial charge in [0.05, 0.1) is 19.4 Å². The number of amides is 1. The van der Waals surface area contributed by atoms with Crippen LogP contribution >= 0.6 is 24.0 Å². The predicted molar refractivity (Wildman–Crippen MR) is 139 cm³/mol. The van der Waals surface area contributed by atoms with Crippen LogP contribution in [0.15, 0.2) is 62.6 Å². The van der Waals surface area contributed by atoms with E-state index < -0.39 is 5.60 Å². The van der Waals surface area contributed by atoms with Crippen molar-refractivity contribution in [3.8, 4) is 0 Å². The van der Waals surface area contributed by atoms with Gasteiger partial charge < -0.3 is 29.9 Å². The number of aliphatic hydroxyl groups is 1. The molecule has 33 heavy (non-hydrogen) atoms. The number of anilines is 1. The zero-order valence-electron chi connectivity index (χ0n) is 19.3. The molecule has 0 radical (unpaired) electrons. The highest BCUT2D eigenvalue weighted by Crippen LogP contribution is 2.26. The minimum Gasteiger partial charge on any atom is -0.466 e. The second kappa shape index (κ2) is 11.9. The van der Waals surface area contributed by atoms with Gasteiger partial charge in [-0.2, -0.15) is 0 Å². The van der Waals surface area contributed by atoms with Crippen LogP contribution < -0.4 is 16.0 Å². The first-order valence-corrected chi connectivity index (χ1v) is 10.5. The van der Waals surface area contributed by atoms with Crippen molar-refractivity contribution in [3.63, 3.8) is 0 Å². The Hall–Kier alpha value is -2.79. The number of aryl methyl sites for hydroxylation is 2. The quantitative estimate of drug-likeness (QED) is 0.184. The Morgan fingerprint density at radius 2 is 1.94 bits per heavy atom. The lowest BCUT2D eigenvalue weighted by Crippen LogP contribution is -2.44. The molecule has 2 heterocycles. The number of hydrogen-bond acceptors (Lipinski definition) is 5. The molecule has 3 aromatic rings. The molecule has 1 aromatic carbocycles. The summed E-state index contributed by atoms with van der Waals surface area (Å²) in [6.07, 6.45) is 1.46. The summed E-state index contributed by atoms with van der Waals surface area (Å²) >= 11 is 0. The van der Waals surface area contributed by atoms with Crippen LogP contribution in [-0.4, -0.2) is 30.1 Å². The number of halogens is 1. The van der Waals surface area contributed by atoms with Gasteiger partial charge in [-0.25, -0.2) is 4.99 Å². The van der Waals surface area contributed by atoms with Gasteiger partial charge in [0, 0.05) is 17.8 Å². The summed E-state index contributed by atoms with van der Waals surface area (Å²) in [5, 5.41) is 20.1. The van der Waals surface area contributed by atoms with E-state index in [1.807, 2.05) is 51.1 Å². The number of hydrogen-bond donors (Lipinski definition) is 4. The maximum atomic E-state index is 12.2. The third-order valence-corrected chi connectivity index (χ3v) is 4.92. The smallest absolute Gasteiger partial charge is 0.291 e. The Kier molecular flexibility index (Phi) is 9.54. The van der Waals surface area contributed by atoms with E-state index in [0.29, 0.717) is 30.5 Å². The second-order valence-electron chi connectivity index (χ2n) is 7.78. The van der Waals surface area contributed by atoms with Gasteiger partial charge in [-0.15, -0.1) is 24.0 Å². The number of carbonyl (C=O) groups is 1. The van der Waals surface area contributed by atoms with Gasteiger partial charge in [0.2, 0.25) is 0 Å². The normalized spacial score (nSPS) is 13.1. The van der Waals surface area contributed by atoms with E-state index in [4.69, 9.17) is 8.83 Å². The standard InChI is InChI=1S/C24H30N4O4.HI/c1-5-25-23(27-15-24(4,30)20-12-16(2)32-17(20)3)26-14-18-8-6-9-19(13-18)28-22(29)21-10-7-11-31-21;/h6-13,30H,5,14-15H2,1-4H3,(H,28,29)(H2,25,26,27);1H. The van der Waals surface area contributed by atoms with E-state index in [0.717, 1.165) is 16.9 Å². The number of nitrogens with zero attached hydrogens (tertiary/aromatic N) is 1. The van der Waals surface area contributed by atoms with Crippen molar-refractivity contribution in [2.24, 2.45) is 4.99 Å². The van der Waals surface area contributed by atoms with Crippen LogP contribution in [0, 0.1) is 13.8 Å². The highest BCUT2D eigenvalue weighted by Gasteiger charge is 2.27. The van der Waals surface area contributed by atoms with E-state index in [1.165, 1.54) is 6.26 Å². The van der Waals surface area contributed by atoms with Crippen LogP contribution in [0.5, 0.6) is 0 Å². The number of benzene rings is 1. The third kappa shape index (κ3) is 7.36. The van der Waals surface area contributed by atoms with Crippen LogP contribution in [0.4, 0.5) is 5.69 Å². The van der Waals surface area contributed by atoms with Gasteiger partial charge in [-0.05, 0) is 63.6 Å². The zero-order chi connectivity index (χ0) is 23.1. The molecule has 0 saturated carbocycles. The average molecular weight is 566 g/mol. The molecule has 1 atom stereocenters. The Bertz CT molecular complexity index is 1070. The number of guanidine groups is 1. The molecule has 1 unspecified atom stereocenters. The first-order valence-electron chi connectivity index (χ1n) is 10.5. The van der Waals surface area contributed by atoms with Crippen molar-refractivity contribution >= 4 is 41.5 Å². The molecular formula is C24H31IN4O4. The fourth-order valence-electron chi connectivity index (χ4n) is 3.38. The van der Waals surface area contributed by atoms with E-state index in [9.17, 15) is 9.90 Å². The molecule has 0 saturated heterocycles. The molecule has 0 aliphatic heterocycles. The fraction of sp³-hybridized carbons (Fsp3) is 0.333. The average Bonchev–Trinajstić information content (AvgIpc) is 3.40. The molecule has 0 spiro atoms. The molecular weight excluding hydrogens is 535 g/mol. The highest BCUT2D eigenvalue weighted by atomic mass is 127. The SMILES string of the molecule is CCNC(=NCc1cccc(NC(=O)c2ccco2)c1)NCC(C)(O)c1cc(C)oc1C.I. The van der Waals surface area contributed by atoms with Gasteiger partial charge in [0.15, 0.2) is 11.7 Å². The molecule has 3 rings (SSSR count). The molecule has 0 bridgehead atoms. The Morgan fingerprint density at radius 1 is 1.15 bits per heavy atom. The lowest BCUT2D eigenvalue weighted by molar-refractivity contribution is 0.0601. The molecule has 178 valence electrons. The topological polar surface area (TPSA) is 112 Å². The molecule has 1 amide bonds. The predicted octanol–water partition coefficient (Wildman–Crippen LogP) is 4.32. The third-order valence-electron chi connectivity index (χ3n) is 4.92. The molecule has 9 heteroatoms. The molecule has 0 fully saturated rings. The summed E-state index contributed by atoms with van der Waals surface area (Å²) in [4.78, 5) is 16.8. The maximum absolute atomic E-state index is 12.2. The summed E-state index contributed by atoms with van der Waals surface area (Å²) in [6, 6.07) is 12.6. The fourth-order valence-corrected chi connectivity index (χ4v) is 3.38. The molecule has 2 aromatic heterocycles. The van der Waals surface area contributed by atoms with Gasteiger partial charge >= 0.3 is 0 Å². The van der Waals surface area contributed by atoms with Crippen LogP contribution in [-0.2, 0) is 12.1 Å². The molecule has 0 aliphatic carbocycles. The van der Waals surface area contributed by atoms with Crippen molar-refractivity contribution in [3.05, 3.63) is 77.1 Å². The van der Waals surface area contributed by atoms with Crippen molar-refractivity contribution < 1.29 is 18.7 Å². The van der Waals surface area contributed by atoms with Gasteiger partial charge in [0.1, 0.15) is 17.1 Å². The second-order valence-corrected chi connectivity index (χ2v) is 7.78. The van der Waals surface area contributed by atoms with Crippen LogP contribution in [0.2, 0.25) is 0 Å². The van der Waals surface area contributed by atoms with Gasteiger partial charge in [-0.1, -0.05) is 12.1 Å². The number of rotatable bonds is 8. The summed E-state index contributed by atoms with van der Waals surface area (Å²) < 4.78 is 10.7. The maximum Gasteiger partial charge on any atom is 0.291 e. The van der Waals surface area contributed by atoms with Crippen LogP contribution in [0.25, 0.3) is 0 Å². The largest absolute Gasteiger partial charge is 0.466 e. The number of furan rings is 2. The van der Waals surface area contributed by atoms with E-state index in [-0.39, 0.29) is 42.2 Å². The molecule has 4 N–H and O–H groups in total. The summed E-state index contributed by atoms with van der Waals surface area (Å²) in [5.41, 5.74) is 1.21. The van der Waals surface area contributed by atoms with Crippen molar-refractivity contribution in [2.45, 2.75) is 39.8 Å². The highest BCUT2D eigenvalue weighted by molar-refractivity contribution is 14.0. The van der Waals surface area contributed by atoms with E-state index in [1.54, 1.807) is 19.1 Å². The van der Waals surface area contributed by atoms with Crippen LogP contribution in [0.1, 0.15) is 47.0 Å². The van der Waals surface area contributed by atoms with Crippen molar-refractivity contribution in [1.29, 1.82) is 0 Å². The summed E-state index contributed by atoms with van der Waals surface area (Å²) in [5.74, 6) is 1.98. The Balaban J connectivity index is 0.00000385. The van der Waals surface area contributed by atoms with Crippen LogP contribution in [0.3, 0.4) is 0 Å². The zero-order valence-corrected chi connectivity index (χ0v) is 21.6. The van der Waals surface area contributed by atoms with E-state index in [2.05, 4.69) is 20.9 Å².